The van der Waals surface area contributed by atoms with Gasteiger partial charge in [-0.3, -0.25) is 4.72 Å². The fraction of sp³-hybridized carbons (Fsp3) is 0.125. The summed E-state index contributed by atoms with van der Waals surface area (Å²) in [5, 5.41) is 8.18. The lowest BCUT2D eigenvalue weighted by Gasteiger charge is -2.04. The van der Waals surface area contributed by atoms with E-state index in [0.29, 0.717) is 6.07 Å². The maximum absolute atomic E-state index is 12.7. The Hall–Kier alpha value is -1.68. The van der Waals surface area contributed by atoms with Crippen LogP contribution in [-0.4, -0.2) is 14.2 Å². The smallest absolute Gasteiger partial charge is 0.246 e. The molecule has 0 spiro atoms. The summed E-state index contributed by atoms with van der Waals surface area (Å²) in [5.41, 5.74) is -0.121. The van der Waals surface area contributed by atoms with Gasteiger partial charge >= 0.3 is 0 Å². The van der Waals surface area contributed by atoms with Gasteiger partial charge in [-0.25, -0.2) is 17.2 Å². The van der Waals surface area contributed by atoms with Crippen LogP contribution in [-0.2, 0) is 10.0 Å². The van der Waals surface area contributed by atoms with Crippen LogP contribution in [0.3, 0.4) is 0 Å². The molecule has 0 fully saturated rings. The molecule has 80 valence electrons. The second-order valence-corrected chi connectivity index (χ2v) is 4.37. The Morgan fingerprint density at radius 1 is 1.33 bits per heavy atom. The van der Waals surface area contributed by atoms with Crippen molar-refractivity contribution in [1.82, 2.24) is 0 Å². The standard InChI is InChI=1S/C8H6F2N2O2S/c9-7-2-1-6(5-8(7)10)12-15(13,14)4-3-11/h1-2,5,12H,4H2. The van der Waals surface area contributed by atoms with E-state index in [2.05, 4.69) is 0 Å². The van der Waals surface area contributed by atoms with Crippen molar-refractivity contribution in [3.63, 3.8) is 0 Å². The zero-order valence-corrected chi connectivity index (χ0v) is 8.18. The van der Waals surface area contributed by atoms with Crippen LogP contribution >= 0.6 is 0 Å². The maximum Gasteiger partial charge on any atom is 0.246 e. The van der Waals surface area contributed by atoms with E-state index in [1.165, 1.54) is 6.07 Å². The van der Waals surface area contributed by atoms with E-state index in [0.717, 1.165) is 12.1 Å². The van der Waals surface area contributed by atoms with Gasteiger partial charge in [-0.05, 0) is 12.1 Å². The number of nitriles is 1. The second-order valence-electron chi connectivity index (χ2n) is 2.65. The Balaban J connectivity index is 2.92. The molecule has 0 unspecified atom stereocenters. The molecule has 0 aliphatic heterocycles. The summed E-state index contributed by atoms with van der Waals surface area (Å²) in [6.45, 7) is 0. The van der Waals surface area contributed by atoms with Gasteiger partial charge in [-0.1, -0.05) is 0 Å². The number of hydrogen-bond acceptors (Lipinski definition) is 3. The summed E-state index contributed by atoms with van der Waals surface area (Å²) >= 11 is 0. The molecule has 0 heterocycles. The highest BCUT2D eigenvalue weighted by Crippen LogP contribution is 2.14. The minimum Gasteiger partial charge on any atom is -0.283 e. The molecule has 0 saturated heterocycles. The summed E-state index contributed by atoms with van der Waals surface area (Å²) in [6, 6.07) is 3.99. The molecule has 1 N–H and O–H groups in total. The van der Waals surface area contributed by atoms with Crippen molar-refractivity contribution in [3.05, 3.63) is 29.8 Å². The van der Waals surface area contributed by atoms with Crippen molar-refractivity contribution in [3.8, 4) is 6.07 Å². The fourth-order valence-corrected chi connectivity index (χ4v) is 1.59. The molecule has 0 amide bonds. The van der Waals surface area contributed by atoms with Crippen LogP contribution < -0.4 is 4.72 Å². The first-order chi connectivity index (χ1) is 6.94. The summed E-state index contributed by atoms with van der Waals surface area (Å²) in [5.74, 6) is -2.98. The molecule has 1 aromatic rings. The number of hydrogen-bond donors (Lipinski definition) is 1. The maximum atomic E-state index is 12.7. The highest BCUT2D eigenvalue weighted by Gasteiger charge is 2.10. The van der Waals surface area contributed by atoms with Crippen molar-refractivity contribution in [1.29, 1.82) is 5.26 Å². The zero-order valence-electron chi connectivity index (χ0n) is 7.37. The first-order valence-corrected chi connectivity index (χ1v) is 5.42. The summed E-state index contributed by atoms with van der Waals surface area (Å²) in [7, 11) is -3.81. The van der Waals surface area contributed by atoms with E-state index in [1.54, 1.807) is 0 Å². The van der Waals surface area contributed by atoms with E-state index in [1.807, 2.05) is 4.72 Å². The summed E-state index contributed by atoms with van der Waals surface area (Å²) in [6.07, 6.45) is 0. The minimum atomic E-state index is -3.81. The van der Waals surface area contributed by atoms with Crippen molar-refractivity contribution >= 4 is 15.7 Å². The molecular formula is C8H6F2N2O2S. The Morgan fingerprint density at radius 3 is 2.53 bits per heavy atom. The van der Waals surface area contributed by atoms with Crippen LogP contribution in [0.15, 0.2) is 18.2 Å². The Morgan fingerprint density at radius 2 is 2.00 bits per heavy atom. The lowest BCUT2D eigenvalue weighted by atomic mass is 10.3. The molecule has 0 aromatic heterocycles. The zero-order chi connectivity index (χ0) is 11.5. The third-order valence-corrected chi connectivity index (χ3v) is 2.50. The molecule has 0 bridgehead atoms. The number of halogens is 2. The molecule has 1 rings (SSSR count). The van der Waals surface area contributed by atoms with E-state index >= 15 is 0 Å². The van der Waals surface area contributed by atoms with E-state index < -0.39 is 27.4 Å². The molecule has 1 aromatic carbocycles. The first-order valence-electron chi connectivity index (χ1n) is 3.77. The molecule has 0 radical (unpaired) electrons. The largest absolute Gasteiger partial charge is 0.283 e. The van der Waals surface area contributed by atoms with E-state index in [9.17, 15) is 17.2 Å². The normalized spacial score (nSPS) is 10.7. The van der Waals surface area contributed by atoms with Crippen LogP contribution in [0.1, 0.15) is 0 Å². The Bertz CT molecular complexity index is 508. The van der Waals surface area contributed by atoms with Gasteiger partial charge in [0.05, 0.1) is 11.8 Å². The van der Waals surface area contributed by atoms with Crippen molar-refractivity contribution in [2.24, 2.45) is 0 Å². The molecule has 0 aliphatic rings. The summed E-state index contributed by atoms with van der Waals surface area (Å²) < 4.78 is 49.2. The van der Waals surface area contributed by atoms with Crippen LogP contribution in [0.4, 0.5) is 14.5 Å². The quantitative estimate of drug-likeness (QED) is 0.852. The molecule has 0 aliphatic carbocycles. The highest BCUT2D eigenvalue weighted by molar-refractivity contribution is 7.92. The third kappa shape index (κ3) is 3.18. The lowest BCUT2D eigenvalue weighted by Crippen LogP contribution is -2.15. The number of sulfonamides is 1. The number of benzene rings is 1. The van der Waals surface area contributed by atoms with Crippen LogP contribution in [0.2, 0.25) is 0 Å². The SMILES string of the molecule is N#CCS(=O)(=O)Nc1ccc(F)c(F)c1. The number of rotatable bonds is 3. The molecule has 0 saturated carbocycles. The predicted molar refractivity (Wildman–Crippen MR) is 49.4 cm³/mol. The van der Waals surface area contributed by atoms with Crippen LogP contribution in [0.25, 0.3) is 0 Å². The van der Waals surface area contributed by atoms with Crippen LogP contribution in [0.5, 0.6) is 0 Å². The fourth-order valence-electron chi connectivity index (χ4n) is 0.860. The first kappa shape index (κ1) is 11.4. The van der Waals surface area contributed by atoms with E-state index in [4.69, 9.17) is 5.26 Å². The summed E-state index contributed by atoms with van der Waals surface area (Å²) in [4.78, 5) is 0. The van der Waals surface area contributed by atoms with Gasteiger partial charge in [0, 0.05) is 6.07 Å². The average Bonchev–Trinajstić information content (AvgIpc) is 2.10. The van der Waals surface area contributed by atoms with Crippen molar-refractivity contribution in [2.75, 3.05) is 10.5 Å². The van der Waals surface area contributed by atoms with Gasteiger partial charge < -0.3 is 0 Å². The monoisotopic (exact) mass is 232 g/mol. The van der Waals surface area contributed by atoms with Gasteiger partial charge in [0.25, 0.3) is 0 Å². The predicted octanol–water partition coefficient (Wildman–Crippen LogP) is 1.23. The highest BCUT2D eigenvalue weighted by atomic mass is 32.2. The van der Waals surface area contributed by atoms with Gasteiger partial charge in [0.15, 0.2) is 17.4 Å². The molecule has 15 heavy (non-hydrogen) atoms. The van der Waals surface area contributed by atoms with Gasteiger partial charge in [-0.15, -0.1) is 0 Å². The molecular weight excluding hydrogens is 226 g/mol. The number of nitrogens with one attached hydrogen (secondary N) is 1. The van der Waals surface area contributed by atoms with Crippen molar-refractivity contribution in [2.45, 2.75) is 0 Å². The van der Waals surface area contributed by atoms with Crippen LogP contribution in [0, 0.1) is 23.0 Å². The third-order valence-electron chi connectivity index (χ3n) is 1.45. The van der Waals surface area contributed by atoms with Crippen molar-refractivity contribution < 1.29 is 17.2 Å². The number of anilines is 1. The lowest BCUT2D eigenvalue weighted by molar-refractivity contribution is 0.509. The Kier molecular flexibility index (Phi) is 3.21. The van der Waals surface area contributed by atoms with Gasteiger partial charge in [0.2, 0.25) is 10.0 Å². The van der Waals surface area contributed by atoms with Gasteiger partial charge in [-0.2, -0.15) is 5.26 Å². The average molecular weight is 232 g/mol. The topological polar surface area (TPSA) is 70.0 Å². The van der Waals surface area contributed by atoms with Gasteiger partial charge in [0.1, 0.15) is 0 Å². The van der Waals surface area contributed by atoms with E-state index in [-0.39, 0.29) is 5.69 Å². The molecule has 7 heteroatoms. The molecule has 0 atom stereocenters. The molecule has 4 nitrogen and oxygen atoms in total. The second kappa shape index (κ2) is 4.23. The Labute approximate surface area is 85.2 Å². The minimum absolute atomic E-state index is 0.121. The number of nitrogens with zero attached hydrogens (tertiary/aromatic N) is 1.